The van der Waals surface area contributed by atoms with Gasteiger partial charge in [-0.15, -0.1) is 11.3 Å². The average Bonchev–Trinajstić information content (AvgIpc) is 3.48. The molecule has 1 amide bonds. The van der Waals surface area contributed by atoms with Crippen molar-refractivity contribution >= 4 is 28.1 Å². The van der Waals surface area contributed by atoms with Gasteiger partial charge >= 0.3 is 0 Å². The van der Waals surface area contributed by atoms with Crippen LogP contribution in [0.2, 0.25) is 0 Å². The maximum Gasteiger partial charge on any atom is 0.240 e. The van der Waals surface area contributed by atoms with Crippen LogP contribution in [0.3, 0.4) is 0 Å². The number of aromatic nitrogens is 1. The third-order valence-corrected chi connectivity index (χ3v) is 6.14. The molecule has 0 saturated carbocycles. The smallest absolute Gasteiger partial charge is 0.240 e. The van der Waals surface area contributed by atoms with Crippen molar-refractivity contribution in [3.8, 4) is 17.0 Å². The summed E-state index contributed by atoms with van der Waals surface area (Å²) in [6, 6.07) is 15.9. The van der Waals surface area contributed by atoms with Gasteiger partial charge in [-0.1, -0.05) is 12.1 Å². The lowest BCUT2D eigenvalue weighted by Gasteiger charge is -2.22. The molecule has 1 aliphatic rings. The first-order chi connectivity index (χ1) is 15.1. The zero-order valence-corrected chi connectivity index (χ0v) is 18.7. The van der Waals surface area contributed by atoms with Crippen LogP contribution in [0.1, 0.15) is 18.4 Å². The predicted molar refractivity (Wildman–Crippen MR) is 124 cm³/mol. The van der Waals surface area contributed by atoms with E-state index in [1.165, 1.54) is 11.3 Å². The zero-order chi connectivity index (χ0) is 21.6. The van der Waals surface area contributed by atoms with Gasteiger partial charge in [0, 0.05) is 29.8 Å². The molecule has 0 radical (unpaired) electrons. The Bertz CT molecular complexity index is 1010. The molecule has 6 nitrogen and oxygen atoms in total. The number of amides is 1. The fraction of sp³-hybridized carbons (Fsp3) is 0.333. The third kappa shape index (κ3) is 5.42. The number of benzene rings is 2. The number of carbonyl (C=O) groups is 1. The molecule has 4 rings (SSSR count). The first-order valence-corrected chi connectivity index (χ1v) is 11.3. The molecule has 0 bridgehead atoms. The van der Waals surface area contributed by atoms with Crippen molar-refractivity contribution in [1.29, 1.82) is 0 Å². The number of anilines is 2. The molecule has 31 heavy (non-hydrogen) atoms. The van der Waals surface area contributed by atoms with Gasteiger partial charge in [0.15, 0.2) is 5.13 Å². The highest BCUT2D eigenvalue weighted by Gasteiger charge is 2.20. The Morgan fingerprint density at radius 3 is 2.84 bits per heavy atom. The molecule has 1 atom stereocenters. The minimum Gasteiger partial charge on any atom is -0.497 e. The van der Waals surface area contributed by atoms with Crippen LogP contribution in [-0.2, 0) is 9.53 Å². The van der Waals surface area contributed by atoms with Crippen LogP contribution in [-0.4, -0.2) is 43.8 Å². The molecule has 2 heterocycles. The van der Waals surface area contributed by atoms with E-state index in [0.717, 1.165) is 52.8 Å². The summed E-state index contributed by atoms with van der Waals surface area (Å²) < 4.78 is 10.9. The Morgan fingerprint density at radius 1 is 1.29 bits per heavy atom. The molecule has 0 unspecified atom stereocenters. The van der Waals surface area contributed by atoms with Crippen molar-refractivity contribution in [2.75, 3.05) is 31.7 Å². The summed E-state index contributed by atoms with van der Waals surface area (Å²) in [4.78, 5) is 19.5. The summed E-state index contributed by atoms with van der Waals surface area (Å²) in [5.41, 5.74) is 3.97. The number of hydrogen-bond acceptors (Lipinski definition) is 6. The van der Waals surface area contributed by atoms with Gasteiger partial charge in [-0.2, -0.15) is 0 Å². The summed E-state index contributed by atoms with van der Waals surface area (Å²) >= 11 is 1.53. The van der Waals surface area contributed by atoms with E-state index >= 15 is 0 Å². The number of nitrogens with one attached hydrogen (secondary N) is 1. The molecular formula is C24H27N3O3S. The second kappa shape index (κ2) is 9.94. The summed E-state index contributed by atoms with van der Waals surface area (Å²) in [6.07, 6.45) is 2.18. The topological polar surface area (TPSA) is 63.7 Å². The molecule has 3 aromatic rings. The highest BCUT2D eigenvalue weighted by molar-refractivity contribution is 7.14. The number of nitrogens with zero attached hydrogens (tertiary/aromatic N) is 2. The normalized spacial score (nSPS) is 15.6. The molecule has 1 aromatic heterocycles. The quantitative estimate of drug-likeness (QED) is 0.560. The van der Waals surface area contributed by atoms with Crippen LogP contribution >= 0.6 is 11.3 Å². The van der Waals surface area contributed by atoms with Crippen LogP contribution < -0.4 is 15.0 Å². The van der Waals surface area contributed by atoms with Crippen molar-refractivity contribution in [2.24, 2.45) is 0 Å². The van der Waals surface area contributed by atoms with E-state index in [4.69, 9.17) is 14.5 Å². The Kier molecular flexibility index (Phi) is 6.84. The van der Waals surface area contributed by atoms with E-state index in [1.807, 2.05) is 59.7 Å². The maximum absolute atomic E-state index is 12.7. The summed E-state index contributed by atoms with van der Waals surface area (Å²) in [5.74, 6) is 0.765. The monoisotopic (exact) mass is 437 g/mol. The highest BCUT2D eigenvalue weighted by Crippen LogP contribution is 2.33. The molecule has 1 N–H and O–H groups in total. The molecule has 1 aliphatic heterocycles. The molecule has 2 aromatic carbocycles. The van der Waals surface area contributed by atoms with Crippen LogP contribution in [0.15, 0.2) is 53.9 Å². The maximum atomic E-state index is 12.7. The Morgan fingerprint density at radius 2 is 2.13 bits per heavy atom. The van der Waals surface area contributed by atoms with E-state index in [-0.39, 0.29) is 18.6 Å². The molecule has 1 saturated heterocycles. The van der Waals surface area contributed by atoms with E-state index in [1.54, 1.807) is 7.11 Å². The standard InChI is InChI=1S/C24H27N3O3S/c1-17-5-3-6-19(13-17)27(15-23(28)25-14-21-7-4-12-30-21)24-26-22(16-31-24)18-8-10-20(29-2)11-9-18/h3,5-6,8-11,13,16,21H,4,7,12,14-15H2,1-2H3,(H,25,28)/t21-/m0/s1. The minimum atomic E-state index is -0.0433. The Balaban J connectivity index is 1.54. The number of thiazole rings is 1. The molecule has 0 spiro atoms. The van der Waals surface area contributed by atoms with Gasteiger partial charge in [0.05, 0.1) is 18.9 Å². The van der Waals surface area contributed by atoms with E-state index in [9.17, 15) is 4.79 Å². The van der Waals surface area contributed by atoms with Crippen molar-refractivity contribution in [2.45, 2.75) is 25.9 Å². The van der Waals surface area contributed by atoms with E-state index in [2.05, 4.69) is 11.4 Å². The van der Waals surface area contributed by atoms with Gasteiger partial charge in [-0.3, -0.25) is 4.79 Å². The van der Waals surface area contributed by atoms with Crippen molar-refractivity contribution < 1.29 is 14.3 Å². The van der Waals surface area contributed by atoms with Gasteiger partial charge in [0.1, 0.15) is 12.3 Å². The van der Waals surface area contributed by atoms with Gasteiger partial charge in [0.2, 0.25) is 5.91 Å². The van der Waals surface area contributed by atoms with Crippen molar-refractivity contribution in [3.63, 3.8) is 0 Å². The molecular weight excluding hydrogens is 410 g/mol. The number of carbonyl (C=O) groups excluding carboxylic acids is 1. The molecule has 162 valence electrons. The van der Waals surface area contributed by atoms with Gasteiger partial charge in [-0.25, -0.2) is 4.98 Å². The van der Waals surface area contributed by atoms with Crippen LogP contribution in [0, 0.1) is 6.92 Å². The minimum absolute atomic E-state index is 0.0433. The lowest BCUT2D eigenvalue weighted by molar-refractivity contribution is -0.120. The highest BCUT2D eigenvalue weighted by atomic mass is 32.1. The fourth-order valence-corrected chi connectivity index (χ4v) is 4.43. The lowest BCUT2D eigenvalue weighted by Crippen LogP contribution is -2.38. The first kappa shape index (κ1) is 21.3. The van der Waals surface area contributed by atoms with E-state index in [0.29, 0.717) is 6.54 Å². The second-order valence-electron chi connectivity index (χ2n) is 7.61. The van der Waals surface area contributed by atoms with Gasteiger partial charge in [-0.05, 0) is 61.7 Å². The predicted octanol–water partition coefficient (Wildman–Crippen LogP) is 4.56. The number of hydrogen-bond donors (Lipinski definition) is 1. The van der Waals surface area contributed by atoms with Gasteiger partial charge < -0.3 is 19.7 Å². The summed E-state index contributed by atoms with van der Waals surface area (Å²) in [7, 11) is 1.65. The zero-order valence-electron chi connectivity index (χ0n) is 17.8. The number of methoxy groups -OCH3 is 1. The molecule has 7 heteroatoms. The largest absolute Gasteiger partial charge is 0.497 e. The number of rotatable bonds is 8. The Hall–Kier alpha value is -2.90. The van der Waals surface area contributed by atoms with Crippen LogP contribution in [0.25, 0.3) is 11.3 Å². The summed E-state index contributed by atoms with van der Waals surface area (Å²) in [5, 5.41) is 5.82. The van der Waals surface area contributed by atoms with Crippen molar-refractivity contribution in [3.05, 3.63) is 59.5 Å². The SMILES string of the molecule is COc1ccc(-c2csc(N(CC(=O)NC[C@@H]3CCCO3)c3cccc(C)c3)n2)cc1. The van der Waals surface area contributed by atoms with E-state index < -0.39 is 0 Å². The second-order valence-corrected chi connectivity index (χ2v) is 8.44. The van der Waals surface area contributed by atoms with Crippen molar-refractivity contribution in [1.82, 2.24) is 10.3 Å². The Labute approximate surface area is 186 Å². The number of ether oxygens (including phenoxy) is 2. The number of aryl methyl sites for hydroxylation is 1. The molecule has 0 aliphatic carbocycles. The van der Waals surface area contributed by atoms with Crippen LogP contribution in [0.4, 0.5) is 10.8 Å². The fourth-order valence-electron chi connectivity index (χ4n) is 3.58. The van der Waals surface area contributed by atoms with Gasteiger partial charge in [0.25, 0.3) is 0 Å². The van der Waals surface area contributed by atoms with Crippen LogP contribution in [0.5, 0.6) is 5.75 Å². The lowest BCUT2D eigenvalue weighted by atomic mass is 10.2. The molecule has 1 fully saturated rings. The average molecular weight is 438 g/mol. The first-order valence-electron chi connectivity index (χ1n) is 10.4. The summed E-state index contributed by atoms with van der Waals surface area (Å²) in [6.45, 7) is 3.58. The third-order valence-electron chi connectivity index (χ3n) is 5.27.